The van der Waals surface area contributed by atoms with E-state index in [0.29, 0.717) is 25.3 Å². The predicted molar refractivity (Wildman–Crippen MR) is 75.4 cm³/mol. The Balaban J connectivity index is 2.39. The van der Waals surface area contributed by atoms with Crippen LogP contribution in [0.25, 0.3) is 0 Å². The number of rotatable bonds is 7. The average molecular weight is 280 g/mol. The molecule has 0 aliphatic heterocycles. The topological polar surface area (TPSA) is 90.6 Å². The number of carbonyl (C=O) groups is 2. The van der Waals surface area contributed by atoms with Gasteiger partial charge < -0.3 is 20.5 Å². The van der Waals surface area contributed by atoms with Crippen molar-refractivity contribution < 1.29 is 19.1 Å². The summed E-state index contributed by atoms with van der Waals surface area (Å²) in [5.74, 6) is -0.945. The lowest BCUT2D eigenvalue weighted by molar-refractivity contribution is -0.124. The van der Waals surface area contributed by atoms with Gasteiger partial charge in [0.05, 0.1) is 5.56 Å². The zero-order valence-corrected chi connectivity index (χ0v) is 11.8. The van der Waals surface area contributed by atoms with Crippen molar-refractivity contribution in [2.24, 2.45) is 0 Å². The Bertz CT molecular complexity index is 474. The van der Waals surface area contributed by atoms with Gasteiger partial charge in [-0.1, -0.05) is 12.1 Å². The molecule has 6 heteroatoms. The van der Waals surface area contributed by atoms with E-state index in [2.05, 4.69) is 5.32 Å². The van der Waals surface area contributed by atoms with E-state index in [-0.39, 0.29) is 18.1 Å². The Morgan fingerprint density at radius 3 is 2.80 bits per heavy atom. The lowest BCUT2D eigenvalue weighted by atomic mass is 10.1. The van der Waals surface area contributed by atoms with E-state index in [4.69, 9.17) is 15.2 Å². The number of amides is 1. The second kappa shape index (κ2) is 8.16. The molecular weight excluding hydrogens is 260 g/mol. The fourth-order valence-corrected chi connectivity index (χ4v) is 1.56. The quantitative estimate of drug-likeness (QED) is 0.439. The van der Waals surface area contributed by atoms with Gasteiger partial charge in [0.25, 0.3) is 5.91 Å². The van der Waals surface area contributed by atoms with Crippen LogP contribution in [0.1, 0.15) is 22.3 Å². The van der Waals surface area contributed by atoms with Crippen molar-refractivity contribution in [2.75, 3.05) is 32.6 Å². The van der Waals surface area contributed by atoms with Crippen LogP contribution in [-0.2, 0) is 14.3 Å². The molecule has 0 spiro atoms. The van der Waals surface area contributed by atoms with Gasteiger partial charge in [0.1, 0.15) is 0 Å². The highest BCUT2D eigenvalue weighted by Gasteiger charge is 2.13. The van der Waals surface area contributed by atoms with Gasteiger partial charge >= 0.3 is 5.97 Å². The van der Waals surface area contributed by atoms with Crippen molar-refractivity contribution in [3.8, 4) is 0 Å². The predicted octanol–water partition coefficient (Wildman–Crippen LogP) is 0.887. The monoisotopic (exact) mass is 280 g/mol. The fraction of sp³-hybridized carbons (Fsp3) is 0.429. The van der Waals surface area contributed by atoms with Gasteiger partial charge in [0.2, 0.25) is 0 Å². The minimum absolute atomic E-state index is 0.275. The standard InChI is InChI=1S/C14H20N2O4/c1-10-5-3-6-11(13(10)15)14(18)20-9-12(17)16-7-4-8-19-2/h3,5-6H,4,7-9,15H2,1-2H3,(H,16,17). The van der Waals surface area contributed by atoms with E-state index < -0.39 is 5.97 Å². The minimum Gasteiger partial charge on any atom is -0.452 e. The van der Waals surface area contributed by atoms with Crippen LogP contribution in [-0.4, -0.2) is 38.7 Å². The van der Waals surface area contributed by atoms with Crippen molar-refractivity contribution >= 4 is 17.6 Å². The third-order valence-electron chi connectivity index (χ3n) is 2.73. The number of esters is 1. The summed E-state index contributed by atoms with van der Waals surface area (Å²) in [7, 11) is 1.59. The molecule has 0 aliphatic carbocycles. The zero-order valence-electron chi connectivity index (χ0n) is 11.8. The Morgan fingerprint density at radius 2 is 2.10 bits per heavy atom. The third kappa shape index (κ3) is 4.89. The van der Waals surface area contributed by atoms with E-state index in [9.17, 15) is 9.59 Å². The smallest absolute Gasteiger partial charge is 0.340 e. The fourth-order valence-electron chi connectivity index (χ4n) is 1.56. The normalized spacial score (nSPS) is 10.1. The van der Waals surface area contributed by atoms with Crippen LogP contribution in [0.3, 0.4) is 0 Å². The first-order chi connectivity index (χ1) is 9.56. The van der Waals surface area contributed by atoms with Gasteiger partial charge in [-0.15, -0.1) is 0 Å². The molecule has 0 saturated heterocycles. The number of para-hydroxylation sites is 1. The number of nitrogen functional groups attached to an aromatic ring is 1. The molecule has 1 aromatic carbocycles. The molecule has 1 rings (SSSR count). The van der Waals surface area contributed by atoms with Crippen LogP contribution in [0.5, 0.6) is 0 Å². The second-order valence-corrected chi connectivity index (χ2v) is 4.31. The van der Waals surface area contributed by atoms with Crippen molar-refractivity contribution in [1.29, 1.82) is 0 Å². The molecule has 0 bridgehead atoms. The summed E-state index contributed by atoms with van der Waals surface area (Å²) in [4.78, 5) is 23.2. The van der Waals surface area contributed by atoms with Gasteiger partial charge in [-0.3, -0.25) is 4.79 Å². The molecule has 1 amide bonds. The lowest BCUT2D eigenvalue weighted by Gasteiger charge is -2.09. The van der Waals surface area contributed by atoms with Gasteiger partial charge in [-0.25, -0.2) is 4.79 Å². The highest BCUT2D eigenvalue weighted by atomic mass is 16.5. The summed E-state index contributed by atoms with van der Waals surface area (Å²) in [5.41, 5.74) is 7.23. The number of methoxy groups -OCH3 is 1. The van der Waals surface area contributed by atoms with Crippen LogP contribution in [0, 0.1) is 6.92 Å². The van der Waals surface area contributed by atoms with Crippen molar-refractivity contribution in [3.05, 3.63) is 29.3 Å². The molecule has 0 atom stereocenters. The van der Waals surface area contributed by atoms with Crippen LogP contribution in [0.2, 0.25) is 0 Å². The maximum absolute atomic E-state index is 11.8. The highest BCUT2D eigenvalue weighted by molar-refractivity contribution is 5.96. The maximum atomic E-state index is 11.8. The molecule has 0 aliphatic rings. The summed E-state index contributed by atoms with van der Waals surface area (Å²) in [6.45, 7) is 2.53. The summed E-state index contributed by atoms with van der Waals surface area (Å²) in [5, 5.41) is 2.62. The minimum atomic E-state index is -0.599. The van der Waals surface area contributed by atoms with Gasteiger partial charge in [-0.05, 0) is 25.0 Å². The van der Waals surface area contributed by atoms with Crippen LogP contribution in [0.15, 0.2) is 18.2 Å². The molecule has 0 fully saturated rings. The summed E-state index contributed by atoms with van der Waals surface area (Å²) < 4.78 is 9.77. The van der Waals surface area contributed by atoms with Crippen LogP contribution in [0.4, 0.5) is 5.69 Å². The molecule has 6 nitrogen and oxygen atoms in total. The van der Waals surface area contributed by atoms with E-state index in [1.54, 1.807) is 32.2 Å². The second-order valence-electron chi connectivity index (χ2n) is 4.31. The number of nitrogens with one attached hydrogen (secondary N) is 1. The Labute approximate surface area is 118 Å². The van der Waals surface area contributed by atoms with E-state index in [0.717, 1.165) is 5.56 Å². The Kier molecular flexibility index (Phi) is 6.52. The van der Waals surface area contributed by atoms with Crippen LogP contribution < -0.4 is 11.1 Å². The maximum Gasteiger partial charge on any atom is 0.340 e. The Morgan fingerprint density at radius 1 is 1.35 bits per heavy atom. The van der Waals surface area contributed by atoms with Crippen molar-refractivity contribution in [3.63, 3.8) is 0 Å². The molecule has 0 saturated carbocycles. The molecule has 3 N–H and O–H groups in total. The van der Waals surface area contributed by atoms with Gasteiger partial charge in [-0.2, -0.15) is 0 Å². The number of aryl methyl sites for hydroxylation is 1. The molecule has 110 valence electrons. The largest absolute Gasteiger partial charge is 0.452 e. The van der Waals surface area contributed by atoms with Crippen molar-refractivity contribution in [2.45, 2.75) is 13.3 Å². The molecule has 1 aromatic rings. The molecule has 0 radical (unpaired) electrons. The van der Waals surface area contributed by atoms with Gasteiger partial charge in [0, 0.05) is 25.9 Å². The summed E-state index contributed by atoms with van der Waals surface area (Å²) in [6.07, 6.45) is 0.709. The van der Waals surface area contributed by atoms with Crippen molar-refractivity contribution in [1.82, 2.24) is 5.32 Å². The number of carbonyl (C=O) groups excluding carboxylic acids is 2. The van der Waals surface area contributed by atoms with E-state index in [1.807, 2.05) is 0 Å². The highest BCUT2D eigenvalue weighted by Crippen LogP contribution is 2.17. The number of nitrogens with two attached hydrogens (primary N) is 1. The molecule has 20 heavy (non-hydrogen) atoms. The van der Waals surface area contributed by atoms with E-state index >= 15 is 0 Å². The lowest BCUT2D eigenvalue weighted by Crippen LogP contribution is -2.30. The van der Waals surface area contributed by atoms with Gasteiger partial charge in [0.15, 0.2) is 6.61 Å². The number of hydrogen-bond donors (Lipinski definition) is 2. The first kappa shape index (κ1) is 16.0. The zero-order chi connectivity index (χ0) is 15.0. The first-order valence-electron chi connectivity index (χ1n) is 6.34. The molecule has 0 unspecified atom stereocenters. The molecule has 0 aromatic heterocycles. The first-order valence-corrected chi connectivity index (χ1v) is 6.34. The number of hydrogen-bond acceptors (Lipinski definition) is 5. The Hall–Kier alpha value is -2.08. The summed E-state index contributed by atoms with van der Waals surface area (Å²) in [6, 6.07) is 5.09. The SMILES string of the molecule is COCCCNC(=O)COC(=O)c1cccc(C)c1N. The number of ether oxygens (including phenoxy) is 2. The molecule has 0 heterocycles. The van der Waals surface area contributed by atoms with E-state index in [1.165, 1.54) is 0 Å². The third-order valence-corrected chi connectivity index (χ3v) is 2.73. The molecular formula is C14H20N2O4. The summed E-state index contributed by atoms with van der Waals surface area (Å²) >= 11 is 0. The van der Waals surface area contributed by atoms with Crippen LogP contribution >= 0.6 is 0 Å². The average Bonchev–Trinajstić information content (AvgIpc) is 2.44. The number of anilines is 1. The number of benzene rings is 1.